The predicted octanol–water partition coefficient (Wildman–Crippen LogP) is 1.56. The van der Waals surface area contributed by atoms with Gasteiger partial charge in [0.2, 0.25) is 10.0 Å². The molecule has 25 heavy (non-hydrogen) atoms. The number of hydrogen-bond donors (Lipinski definition) is 2. The minimum atomic E-state index is -3.66. The maximum Gasteiger partial charge on any atom is 0.410 e. The number of carbonyl (C=O) groups is 1. The third-order valence-corrected chi connectivity index (χ3v) is 6.02. The molecule has 1 aromatic rings. The Morgan fingerprint density at radius 2 is 2.00 bits per heavy atom. The van der Waals surface area contributed by atoms with Gasteiger partial charge in [-0.2, -0.15) is 0 Å². The van der Waals surface area contributed by atoms with Crippen molar-refractivity contribution in [3.63, 3.8) is 0 Å². The van der Waals surface area contributed by atoms with Crippen LogP contribution in [0.4, 0.5) is 10.5 Å². The summed E-state index contributed by atoms with van der Waals surface area (Å²) in [6.45, 7) is 6.81. The van der Waals surface area contributed by atoms with Gasteiger partial charge in [-0.25, -0.2) is 17.9 Å². The van der Waals surface area contributed by atoms with Crippen LogP contribution in [0.15, 0.2) is 23.4 Å². The van der Waals surface area contributed by atoms with Crippen molar-refractivity contribution in [3.05, 3.63) is 18.5 Å². The van der Waals surface area contributed by atoms with E-state index in [1.54, 1.807) is 17.2 Å². The molecule has 1 amide bonds. The summed E-state index contributed by atoms with van der Waals surface area (Å²) in [6, 6.07) is 1.66. The van der Waals surface area contributed by atoms with Crippen LogP contribution in [0.2, 0.25) is 0 Å². The second kappa shape index (κ2) is 6.14. The van der Waals surface area contributed by atoms with Crippen LogP contribution in [0.5, 0.6) is 0 Å². The summed E-state index contributed by atoms with van der Waals surface area (Å²) < 4.78 is 33.6. The van der Waals surface area contributed by atoms with Crippen LogP contribution in [0.1, 0.15) is 33.6 Å². The molecule has 1 spiro atoms. The van der Waals surface area contributed by atoms with Crippen LogP contribution in [0, 0.1) is 0 Å². The van der Waals surface area contributed by atoms with Crippen LogP contribution in [0.3, 0.4) is 0 Å². The molecule has 2 N–H and O–H groups in total. The van der Waals surface area contributed by atoms with E-state index in [1.165, 1.54) is 6.20 Å². The van der Waals surface area contributed by atoms with Crippen LogP contribution >= 0.6 is 0 Å². The van der Waals surface area contributed by atoms with Gasteiger partial charge in [-0.3, -0.25) is 4.98 Å². The number of anilines is 1. The van der Waals surface area contributed by atoms with E-state index in [0.717, 1.165) is 0 Å². The van der Waals surface area contributed by atoms with Crippen molar-refractivity contribution in [1.29, 1.82) is 0 Å². The maximum atomic E-state index is 12.7. The minimum absolute atomic E-state index is 0.154. The molecule has 0 aliphatic carbocycles. The highest BCUT2D eigenvalue weighted by Crippen LogP contribution is 2.31. The van der Waals surface area contributed by atoms with Crippen LogP contribution in [-0.2, 0) is 14.8 Å². The number of fused-ring (bicyclic) bond motifs is 1. The number of pyridine rings is 1. The molecule has 8 nitrogen and oxygen atoms in total. The number of hydrogen-bond acceptors (Lipinski definition) is 6. The number of piperidine rings is 1. The standard InChI is InChI=1S/C16H24N4O4S/c1-15(2,3)24-14(21)20-8-5-16(6-9-20)11-18-12-4-7-17-10-13(12)25(22,23)19-16/h4,7,10,18-19H,5-6,8-9,11H2,1-3H3. The molecule has 0 bridgehead atoms. The van der Waals surface area contributed by atoms with Crippen molar-refractivity contribution in [2.75, 3.05) is 25.0 Å². The van der Waals surface area contributed by atoms with Crippen molar-refractivity contribution < 1.29 is 17.9 Å². The fourth-order valence-electron chi connectivity index (χ4n) is 3.10. The molecule has 0 atom stereocenters. The zero-order valence-corrected chi connectivity index (χ0v) is 15.5. The Balaban J connectivity index is 1.73. The molecule has 1 saturated heterocycles. The molecule has 0 unspecified atom stereocenters. The second-order valence-electron chi connectivity index (χ2n) is 7.58. The second-order valence-corrected chi connectivity index (χ2v) is 9.23. The van der Waals surface area contributed by atoms with E-state index >= 15 is 0 Å². The Hall–Kier alpha value is -1.87. The fourth-order valence-corrected chi connectivity index (χ4v) is 4.69. The van der Waals surface area contributed by atoms with Crippen molar-refractivity contribution in [1.82, 2.24) is 14.6 Å². The largest absolute Gasteiger partial charge is 0.444 e. The fraction of sp³-hybridized carbons (Fsp3) is 0.625. The van der Waals surface area contributed by atoms with E-state index in [0.29, 0.717) is 38.2 Å². The number of amides is 1. The Morgan fingerprint density at radius 3 is 2.64 bits per heavy atom. The SMILES string of the molecule is CC(C)(C)OC(=O)N1CCC2(CC1)CNc1ccncc1S(=O)(=O)N2. The van der Waals surface area contributed by atoms with Gasteiger partial charge in [-0.1, -0.05) is 0 Å². The van der Waals surface area contributed by atoms with Gasteiger partial charge in [0.1, 0.15) is 10.5 Å². The highest BCUT2D eigenvalue weighted by molar-refractivity contribution is 7.89. The molecule has 0 saturated carbocycles. The molecular formula is C16H24N4O4S. The topological polar surface area (TPSA) is 101 Å². The third-order valence-electron chi connectivity index (χ3n) is 4.41. The van der Waals surface area contributed by atoms with E-state index in [-0.39, 0.29) is 11.0 Å². The summed E-state index contributed by atoms with van der Waals surface area (Å²) in [5, 5.41) is 3.21. The molecule has 138 valence electrons. The molecule has 0 radical (unpaired) electrons. The van der Waals surface area contributed by atoms with Crippen molar-refractivity contribution in [2.45, 2.75) is 49.6 Å². The lowest BCUT2D eigenvalue weighted by atomic mass is 9.88. The molecule has 2 aliphatic heterocycles. The van der Waals surface area contributed by atoms with Gasteiger partial charge in [0.15, 0.2) is 0 Å². The van der Waals surface area contributed by atoms with E-state index in [9.17, 15) is 13.2 Å². The van der Waals surface area contributed by atoms with Gasteiger partial charge in [0.25, 0.3) is 0 Å². The molecule has 9 heteroatoms. The first-order chi connectivity index (χ1) is 11.6. The number of carbonyl (C=O) groups excluding carboxylic acids is 1. The number of nitrogens with one attached hydrogen (secondary N) is 2. The summed E-state index contributed by atoms with van der Waals surface area (Å²) in [6.07, 6.45) is 3.57. The predicted molar refractivity (Wildman–Crippen MR) is 92.8 cm³/mol. The molecule has 1 fully saturated rings. The zero-order chi connectivity index (χ0) is 18.3. The average Bonchev–Trinajstić information content (AvgIpc) is 2.62. The lowest BCUT2D eigenvalue weighted by Gasteiger charge is -2.41. The smallest absolute Gasteiger partial charge is 0.410 e. The first-order valence-corrected chi connectivity index (χ1v) is 9.78. The summed E-state index contributed by atoms with van der Waals surface area (Å²) >= 11 is 0. The summed E-state index contributed by atoms with van der Waals surface area (Å²) in [5.74, 6) is 0. The Labute approximate surface area is 148 Å². The van der Waals surface area contributed by atoms with Crippen molar-refractivity contribution in [3.8, 4) is 0 Å². The average molecular weight is 368 g/mol. The van der Waals surface area contributed by atoms with Crippen LogP contribution in [-0.4, -0.2) is 55.2 Å². The lowest BCUT2D eigenvalue weighted by molar-refractivity contribution is 0.0167. The Bertz CT molecular complexity index is 765. The van der Waals surface area contributed by atoms with E-state index in [4.69, 9.17) is 4.74 Å². The number of likely N-dealkylation sites (tertiary alicyclic amines) is 1. The van der Waals surface area contributed by atoms with Gasteiger partial charge >= 0.3 is 6.09 Å². The first kappa shape index (κ1) is 17.9. The van der Waals surface area contributed by atoms with Gasteiger partial charge in [0, 0.05) is 32.0 Å². The quantitative estimate of drug-likeness (QED) is 0.721. The minimum Gasteiger partial charge on any atom is -0.444 e. The first-order valence-electron chi connectivity index (χ1n) is 8.30. The molecule has 1 aromatic heterocycles. The summed E-state index contributed by atoms with van der Waals surface area (Å²) in [4.78, 5) is 17.9. The number of sulfonamides is 1. The molecule has 3 rings (SSSR count). The molecular weight excluding hydrogens is 344 g/mol. The van der Waals surface area contributed by atoms with Crippen LogP contribution < -0.4 is 10.0 Å². The van der Waals surface area contributed by atoms with E-state index in [2.05, 4.69) is 15.0 Å². The highest BCUT2D eigenvalue weighted by atomic mass is 32.2. The number of rotatable bonds is 0. The van der Waals surface area contributed by atoms with Gasteiger partial charge < -0.3 is 15.0 Å². The molecule has 0 aromatic carbocycles. The highest BCUT2D eigenvalue weighted by Gasteiger charge is 2.42. The normalized spacial score (nSPS) is 21.8. The van der Waals surface area contributed by atoms with Crippen molar-refractivity contribution >= 4 is 21.8 Å². The van der Waals surface area contributed by atoms with Gasteiger partial charge in [-0.05, 0) is 39.7 Å². The molecule has 2 aliphatic rings. The number of nitrogens with zero attached hydrogens (tertiary/aromatic N) is 2. The molecule has 3 heterocycles. The number of ether oxygens (including phenoxy) is 1. The monoisotopic (exact) mass is 368 g/mol. The van der Waals surface area contributed by atoms with Crippen LogP contribution in [0.25, 0.3) is 0 Å². The zero-order valence-electron chi connectivity index (χ0n) is 14.7. The van der Waals surface area contributed by atoms with E-state index < -0.39 is 21.2 Å². The third kappa shape index (κ3) is 3.87. The van der Waals surface area contributed by atoms with Gasteiger partial charge in [-0.15, -0.1) is 0 Å². The lowest BCUT2D eigenvalue weighted by Crippen LogP contribution is -2.58. The number of aromatic nitrogens is 1. The summed E-state index contributed by atoms with van der Waals surface area (Å²) in [5.41, 5.74) is -0.628. The summed E-state index contributed by atoms with van der Waals surface area (Å²) in [7, 11) is -3.66. The Morgan fingerprint density at radius 1 is 1.32 bits per heavy atom. The van der Waals surface area contributed by atoms with Crippen molar-refractivity contribution in [2.24, 2.45) is 0 Å². The maximum absolute atomic E-state index is 12.7. The van der Waals surface area contributed by atoms with E-state index in [1.807, 2.05) is 20.8 Å². The van der Waals surface area contributed by atoms with Gasteiger partial charge in [0.05, 0.1) is 11.2 Å². The Kier molecular flexibility index (Phi) is 4.40.